The molecule has 0 radical (unpaired) electrons. The van der Waals surface area contributed by atoms with Crippen molar-refractivity contribution >= 4 is 5.91 Å². The van der Waals surface area contributed by atoms with Gasteiger partial charge in [0.2, 0.25) is 0 Å². The van der Waals surface area contributed by atoms with Gasteiger partial charge < -0.3 is 14.8 Å². The number of rotatable bonds is 5. The van der Waals surface area contributed by atoms with Crippen molar-refractivity contribution in [2.45, 2.75) is 43.6 Å². The molecule has 2 aliphatic rings. The van der Waals surface area contributed by atoms with E-state index in [4.69, 9.17) is 4.52 Å². The van der Waals surface area contributed by atoms with E-state index < -0.39 is 0 Å². The Kier molecular flexibility index (Phi) is 4.07. The van der Waals surface area contributed by atoms with Crippen LogP contribution in [0.2, 0.25) is 0 Å². The zero-order valence-electron chi connectivity index (χ0n) is 15.2. The first-order valence-electron chi connectivity index (χ1n) is 9.59. The summed E-state index contributed by atoms with van der Waals surface area (Å²) in [5.41, 5.74) is 2.00. The van der Waals surface area contributed by atoms with Crippen LogP contribution in [0.1, 0.15) is 59.4 Å². The van der Waals surface area contributed by atoms with Gasteiger partial charge >= 0.3 is 0 Å². The number of aromatic nitrogens is 3. The van der Waals surface area contributed by atoms with Crippen LogP contribution in [0.25, 0.3) is 11.3 Å². The van der Waals surface area contributed by atoms with Crippen LogP contribution in [0.3, 0.4) is 0 Å². The van der Waals surface area contributed by atoms with Crippen molar-refractivity contribution in [3.8, 4) is 11.3 Å². The molecule has 0 unspecified atom stereocenters. The van der Waals surface area contributed by atoms with E-state index in [-0.39, 0.29) is 23.4 Å². The maximum Gasteiger partial charge on any atom is 0.257 e. The molecular weight excluding hydrogens is 356 g/mol. The molecule has 7 heteroatoms. The summed E-state index contributed by atoms with van der Waals surface area (Å²) in [5, 5.41) is 6.83. The van der Waals surface area contributed by atoms with Gasteiger partial charge in [0.1, 0.15) is 11.4 Å². The van der Waals surface area contributed by atoms with Gasteiger partial charge in [-0.2, -0.15) is 0 Å². The van der Waals surface area contributed by atoms with E-state index >= 15 is 0 Å². The molecule has 0 saturated heterocycles. The molecule has 142 valence electrons. The minimum absolute atomic E-state index is 0.0569. The highest BCUT2D eigenvalue weighted by molar-refractivity contribution is 5.99. The Morgan fingerprint density at radius 2 is 1.93 bits per heavy atom. The molecule has 1 aromatic carbocycles. The van der Waals surface area contributed by atoms with Gasteiger partial charge in [0, 0.05) is 29.5 Å². The minimum atomic E-state index is -0.193. The first-order valence-corrected chi connectivity index (χ1v) is 9.59. The van der Waals surface area contributed by atoms with E-state index in [1.807, 2.05) is 30.3 Å². The molecule has 28 heavy (non-hydrogen) atoms. The molecule has 2 aliphatic carbocycles. The summed E-state index contributed by atoms with van der Waals surface area (Å²) < 4.78 is 5.29. The fourth-order valence-electron chi connectivity index (χ4n) is 3.69. The molecule has 7 nitrogen and oxygen atoms in total. The molecule has 2 aromatic heterocycles. The lowest BCUT2D eigenvalue weighted by Gasteiger charge is -2.35. The van der Waals surface area contributed by atoms with Gasteiger partial charge in [0.25, 0.3) is 11.5 Å². The molecule has 1 amide bonds. The first kappa shape index (κ1) is 16.9. The lowest BCUT2D eigenvalue weighted by atomic mass is 9.78. The third-order valence-electron chi connectivity index (χ3n) is 5.49. The Morgan fingerprint density at radius 1 is 1.14 bits per heavy atom. The van der Waals surface area contributed by atoms with Crippen LogP contribution >= 0.6 is 0 Å². The molecule has 2 saturated carbocycles. The Labute approximate surface area is 161 Å². The van der Waals surface area contributed by atoms with Crippen LogP contribution in [0, 0.1) is 0 Å². The number of amides is 1. The third-order valence-corrected chi connectivity index (χ3v) is 5.49. The Balaban J connectivity index is 1.25. The predicted octanol–water partition coefficient (Wildman–Crippen LogP) is 2.98. The average Bonchev–Trinajstić information content (AvgIpc) is 3.41. The number of hydrogen-bond donors (Lipinski definition) is 2. The Hall–Kier alpha value is -3.22. The van der Waals surface area contributed by atoms with E-state index in [1.165, 1.54) is 6.20 Å². The summed E-state index contributed by atoms with van der Waals surface area (Å²) in [6.45, 7) is 0. The van der Waals surface area contributed by atoms with Gasteiger partial charge in [-0.3, -0.25) is 9.59 Å². The van der Waals surface area contributed by atoms with Crippen molar-refractivity contribution in [3.63, 3.8) is 0 Å². The number of carbonyl (C=O) groups is 1. The second kappa shape index (κ2) is 6.74. The molecule has 5 rings (SSSR count). The van der Waals surface area contributed by atoms with Crippen LogP contribution in [0.5, 0.6) is 0 Å². The van der Waals surface area contributed by atoms with Gasteiger partial charge in [-0.25, -0.2) is 4.98 Å². The van der Waals surface area contributed by atoms with Crippen molar-refractivity contribution in [1.29, 1.82) is 0 Å². The maximum atomic E-state index is 12.7. The summed E-state index contributed by atoms with van der Waals surface area (Å²) >= 11 is 0. The van der Waals surface area contributed by atoms with E-state index in [0.29, 0.717) is 17.2 Å². The van der Waals surface area contributed by atoms with Gasteiger partial charge in [-0.1, -0.05) is 35.5 Å². The molecule has 2 heterocycles. The molecular formula is C21H20N4O3. The van der Waals surface area contributed by atoms with Crippen molar-refractivity contribution in [1.82, 2.24) is 20.4 Å². The van der Waals surface area contributed by atoms with Crippen LogP contribution in [-0.2, 0) is 0 Å². The summed E-state index contributed by atoms with van der Waals surface area (Å²) in [4.78, 5) is 32.0. The van der Waals surface area contributed by atoms with E-state index in [1.54, 1.807) is 6.07 Å². The lowest BCUT2D eigenvalue weighted by Crippen LogP contribution is -2.43. The highest BCUT2D eigenvalue weighted by Crippen LogP contribution is 2.40. The van der Waals surface area contributed by atoms with Gasteiger partial charge in [0.05, 0.1) is 11.9 Å². The largest absolute Gasteiger partial charge is 0.355 e. The molecule has 0 spiro atoms. The van der Waals surface area contributed by atoms with Crippen LogP contribution in [0.4, 0.5) is 0 Å². The number of nitrogens with one attached hydrogen (secondary N) is 2. The number of hydrogen-bond acceptors (Lipinski definition) is 5. The maximum absolute atomic E-state index is 12.7. The smallest absolute Gasteiger partial charge is 0.257 e. The number of aromatic amines is 1. The monoisotopic (exact) mass is 376 g/mol. The molecule has 3 aromatic rings. The first-order chi connectivity index (χ1) is 13.7. The normalized spacial score (nSPS) is 21.1. The average molecular weight is 376 g/mol. The summed E-state index contributed by atoms with van der Waals surface area (Å²) in [5.74, 6) is 1.71. The zero-order chi connectivity index (χ0) is 19.1. The molecule has 0 atom stereocenters. The molecule has 2 N–H and O–H groups in total. The molecule has 0 aliphatic heterocycles. The predicted molar refractivity (Wildman–Crippen MR) is 102 cm³/mol. The van der Waals surface area contributed by atoms with E-state index in [2.05, 4.69) is 20.4 Å². The van der Waals surface area contributed by atoms with E-state index in [9.17, 15) is 9.59 Å². The standard InChI is InChI=1S/C21H20N4O3/c26-18-10-17(24-20(25-18)13-6-7-13)14-8-15(9-14)23-21(27)16-11-22-28-19(16)12-4-2-1-3-5-12/h1-5,10-11,13-15H,6-9H2,(H,23,27)(H,24,25,26). The van der Waals surface area contributed by atoms with Crippen LogP contribution < -0.4 is 10.9 Å². The van der Waals surface area contributed by atoms with Gasteiger partial charge in [-0.05, 0) is 25.7 Å². The highest BCUT2D eigenvalue weighted by atomic mass is 16.5. The fourth-order valence-corrected chi connectivity index (χ4v) is 3.69. The second-order valence-corrected chi connectivity index (χ2v) is 7.60. The number of nitrogens with zero attached hydrogens (tertiary/aromatic N) is 2. The van der Waals surface area contributed by atoms with Crippen LogP contribution in [-0.4, -0.2) is 27.1 Å². The molecule has 2 fully saturated rings. The topological polar surface area (TPSA) is 101 Å². The van der Waals surface area contributed by atoms with Crippen molar-refractivity contribution in [3.05, 3.63) is 70.0 Å². The van der Waals surface area contributed by atoms with Gasteiger partial charge in [-0.15, -0.1) is 0 Å². The Morgan fingerprint density at radius 3 is 2.68 bits per heavy atom. The Bertz CT molecular complexity index is 1060. The number of benzene rings is 1. The van der Waals surface area contributed by atoms with Crippen molar-refractivity contribution < 1.29 is 9.32 Å². The highest BCUT2D eigenvalue weighted by Gasteiger charge is 2.35. The van der Waals surface area contributed by atoms with Crippen LogP contribution in [0.15, 0.2) is 51.9 Å². The zero-order valence-corrected chi connectivity index (χ0v) is 15.2. The van der Waals surface area contributed by atoms with E-state index in [0.717, 1.165) is 42.8 Å². The second-order valence-electron chi connectivity index (χ2n) is 7.60. The summed E-state index contributed by atoms with van der Waals surface area (Å²) in [6, 6.07) is 11.1. The lowest BCUT2D eigenvalue weighted by molar-refractivity contribution is 0.0908. The van der Waals surface area contributed by atoms with Crippen molar-refractivity contribution in [2.75, 3.05) is 0 Å². The van der Waals surface area contributed by atoms with Gasteiger partial charge in [0.15, 0.2) is 5.76 Å². The number of carbonyl (C=O) groups excluding carboxylic acids is 1. The summed E-state index contributed by atoms with van der Waals surface area (Å²) in [6.07, 6.45) is 5.20. The third kappa shape index (κ3) is 3.24. The SMILES string of the molecule is O=C(NC1CC(c2cc(=O)[nH]c(C3CC3)n2)C1)c1cnoc1-c1ccccc1. The number of H-pyrrole nitrogens is 1. The molecule has 0 bridgehead atoms. The summed E-state index contributed by atoms with van der Waals surface area (Å²) in [7, 11) is 0. The fraction of sp³-hybridized carbons (Fsp3) is 0.333. The minimum Gasteiger partial charge on any atom is -0.355 e. The quantitative estimate of drug-likeness (QED) is 0.713. The van der Waals surface area contributed by atoms with Crippen molar-refractivity contribution in [2.24, 2.45) is 0 Å².